The number of carboxylic acid groups (broad SMARTS) is 1. The molecule has 19 heavy (non-hydrogen) atoms. The minimum absolute atomic E-state index is 0.0128. The van der Waals surface area contributed by atoms with Crippen molar-refractivity contribution in [1.29, 1.82) is 0 Å². The van der Waals surface area contributed by atoms with E-state index in [1.165, 1.54) is 6.07 Å². The Bertz CT molecular complexity index is 624. The fraction of sp³-hybridized carbons (Fsp3) is 0.167. The van der Waals surface area contributed by atoms with Crippen LogP contribution in [0.5, 0.6) is 0 Å². The van der Waals surface area contributed by atoms with Gasteiger partial charge in [0.05, 0.1) is 12.0 Å². The number of anilines is 1. The van der Waals surface area contributed by atoms with Crippen LogP contribution in [0.4, 0.5) is 5.13 Å². The zero-order valence-corrected chi connectivity index (χ0v) is 10.9. The number of carbonyl (C=O) groups is 2. The van der Waals surface area contributed by atoms with E-state index in [0.29, 0.717) is 16.5 Å². The first-order chi connectivity index (χ1) is 9.06. The summed E-state index contributed by atoms with van der Waals surface area (Å²) in [6, 6.07) is 6.41. The van der Waals surface area contributed by atoms with E-state index in [0.717, 1.165) is 11.5 Å². The molecule has 2 rings (SSSR count). The van der Waals surface area contributed by atoms with Crippen molar-refractivity contribution in [3.05, 3.63) is 41.2 Å². The summed E-state index contributed by atoms with van der Waals surface area (Å²) in [6.45, 7) is 1.73. The molecule has 98 valence electrons. The van der Waals surface area contributed by atoms with E-state index in [1.807, 2.05) is 0 Å². The highest BCUT2D eigenvalue weighted by molar-refractivity contribution is 7.09. The van der Waals surface area contributed by atoms with Gasteiger partial charge >= 0.3 is 5.97 Å². The Morgan fingerprint density at radius 2 is 2.11 bits per heavy atom. The van der Waals surface area contributed by atoms with Gasteiger partial charge in [-0.15, -0.1) is 0 Å². The lowest BCUT2D eigenvalue weighted by Gasteiger charge is -2.05. The number of hydrogen-bond acceptors (Lipinski definition) is 5. The average molecular weight is 277 g/mol. The number of hydrogen-bond donors (Lipinski definition) is 2. The van der Waals surface area contributed by atoms with E-state index in [1.54, 1.807) is 25.1 Å². The molecule has 0 atom stereocenters. The van der Waals surface area contributed by atoms with Gasteiger partial charge in [0.15, 0.2) is 0 Å². The molecule has 0 saturated heterocycles. The lowest BCUT2D eigenvalue weighted by molar-refractivity contribution is -0.115. The topological polar surface area (TPSA) is 92.2 Å². The molecule has 2 N–H and O–H groups in total. The first kappa shape index (κ1) is 13.2. The summed E-state index contributed by atoms with van der Waals surface area (Å²) >= 11 is 1.09. The first-order valence-corrected chi connectivity index (χ1v) is 6.25. The van der Waals surface area contributed by atoms with Gasteiger partial charge in [-0.25, -0.2) is 9.78 Å². The average Bonchev–Trinajstić information content (AvgIpc) is 2.75. The van der Waals surface area contributed by atoms with Crippen LogP contribution in [-0.2, 0) is 11.2 Å². The number of benzene rings is 1. The third-order valence-corrected chi connectivity index (χ3v) is 3.09. The summed E-state index contributed by atoms with van der Waals surface area (Å²) in [4.78, 5) is 26.8. The molecule has 0 radical (unpaired) electrons. The van der Waals surface area contributed by atoms with Gasteiger partial charge in [-0.3, -0.25) is 4.79 Å². The summed E-state index contributed by atoms with van der Waals surface area (Å²) in [5.74, 6) is -0.772. The molecule has 0 unspecified atom stereocenters. The summed E-state index contributed by atoms with van der Waals surface area (Å²) < 4.78 is 3.94. The molecule has 6 nitrogen and oxygen atoms in total. The van der Waals surface area contributed by atoms with E-state index in [-0.39, 0.29) is 17.9 Å². The standard InChI is InChI=1S/C12H11N3O3S/c1-7-13-12(19-15-7)14-10(16)6-8-4-2-3-5-9(8)11(17)18/h2-5H,6H2,1H3,(H,17,18)(H,13,14,15,16). The van der Waals surface area contributed by atoms with Crippen LogP contribution < -0.4 is 5.32 Å². The fourth-order valence-electron chi connectivity index (χ4n) is 1.57. The highest BCUT2D eigenvalue weighted by Crippen LogP contribution is 2.13. The summed E-state index contributed by atoms with van der Waals surface area (Å²) in [5, 5.41) is 12.0. The van der Waals surface area contributed by atoms with Gasteiger partial charge < -0.3 is 10.4 Å². The zero-order chi connectivity index (χ0) is 13.8. The molecule has 0 aliphatic carbocycles. The summed E-state index contributed by atoms with van der Waals surface area (Å²) in [5.41, 5.74) is 0.597. The second-order valence-electron chi connectivity index (χ2n) is 3.83. The van der Waals surface area contributed by atoms with Crippen LogP contribution in [0.3, 0.4) is 0 Å². The van der Waals surface area contributed by atoms with Crippen LogP contribution in [0.1, 0.15) is 21.7 Å². The molecule has 1 aromatic carbocycles. The Hall–Kier alpha value is -2.28. The molecule has 0 spiro atoms. The highest BCUT2D eigenvalue weighted by atomic mass is 32.1. The number of amides is 1. The second kappa shape index (κ2) is 5.57. The molecular weight excluding hydrogens is 266 g/mol. The number of carboxylic acids is 1. The SMILES string of the molecule is Cc1nsc(NC(=O)Cc2ccccc2C(=O)O)n1. The van der Waals surface area contributed by atoms with Gasteiger partial charge in [0, 0.05) is 11.5 Å². The van der Waals surface area contributed by atoms with Gasteiger partial charge in [0.2, 0.25) is 11.0 Å². The highest BCUT2D eigenvalue weighted by Gasteiger charge is 2.13. The monoisotopic (exact) mass is 277 g/mol. The van der Waals surface area contributed by atoms with Crippen LogP contribution in [0.2, 0.25) is 0 Å². The molecular formula is C12H11N3O3S. The van der Waals surface area contributed by atoms with Gasteiger partial charge in [-0.1, -0.05) is 18.2 Å². The van der Waals surface area contributed by atoms with Gasteiger partial charge in [-0.05, 0) is 18.6 Å². The zero-order valence-electron chi connectivity index (χ0n) is 10.1. The van der Waals surface area contributed by atoms with Crippen molar-refractivity contribution in [1.82, 2.24) is 9.36 Å². The van der Waals surface area contributed by atoms with Crippen LogP contribution in [-0.4, -0.2) is 26.3 Å². The van der Waals surface area contributed by atoms with Crippen molar-refractivity contribution in [2.45, 2.75) is 13.3 Å². The number of nitrogens with zero attached hydrogens (tertiary/aromatic N) is 2. The minimum Gasteiger partial charge on any atom is -0.478 e. The maximum atomic E-state index is 11.8. The predicted octanol–water partition coefficient (Wildman–Crippen LogP) is 1.73. The third-order valence-electron chi connectivity index (χ3n) is 2.37. The van der Waals surface area contributed by atoms with Gasteiger partial charge in [0.1, 0.15) is 5.82 Å². The first-order valence-electron chi connectivity index (χ1n) is 5.47. The Balaban J connectivity index is 2.09. The van der Waals surface area contributed by atoms with Crippen molar-refractivity contribution in [2.24, 2.45) is 0 Å². The van der Waals surface area contributed by atoms with Gasteiger partial charge in [0.25, 0.3) is 0 Å². The van der Waals surface area contributed by atoms with E-state index in [4.69, 9.17) is 5.11 Å². The van der Waals surface area contributed by atoms with Crippen molar-refractivity contribution in [2.75, 3.05) is 5.32 Å². The van der Waals surface area contributed by atoms with Crippen LogP contribution >= 0.6 is 11.5 Å². The Morgan fingerprint density at radius 3 is 2.74 bits per heavy atom. The maximum absolute atomic E-state index is 11.8. The molecule has 0 fully saturated rings. The largest absolute Gasteiger partial charge is 0.478 e. The summed E-state index contributed by atoms with van der Waals surface area (Å²) in [6.07, 6.45) is -0.0128. The molecule has 0 aliphatic rings. The van der Waals surface area contributed by atoms with Crippen molar-refractivity contribution < 1.29 is 14.7 Å². The lowest BCUT2D eigenvalue weighted by atomic mass is 10.0. The van der Waals surface area contributed by atoms with Crippen LogP contribution in [0, 0.1) is 6.92 Å². The van der Waals surface area contributed by atoms with E-state index in [2.05, 4.69) is 14.7 Å². The van der Waals surface area contributed by atoms with E-state index >= 15 is 0 Å². The second-order valence-corrected chi connectivity index (χ2v) is 4.59. The molecule has 0 bridgehead atoms. The number of rotatable bonds is 4. The minimum atomic E-state index is -1.05. The predicted molar refractivity (Wildman–Crippen MR) is 70.4 cm³/mol. The third kappa shape index (κ3) is 3.35. The number of aromatic carboxylic acids is 1. The van der Waals surface area contributed by atoms with Crippen molar-refractivity contribution in [3.63, 3.8) is 0 Å². The molecule has 1 amide bonds. The van der Waals surface area contributed by atoms with E-state index in [9.17, 15) is 9.59 Å². The summed E-state index contributed by atoms with van der Waals surface area (Å²) in [7, 11) is 0. The van der Waals surface area contributed by atoms with Gasteiger partial charge in [-0.2, -0.15) is 4.37 Å². The smallest absolute Gasteiger partial charge is 0.335 e. The maximum Gasteiger partial charge on any atom is 0.335 e. The number of nitrogens with one attached hydrogen (secondary N) is 1. The quantitative estimate of drug-likeness (QED) is 0.887. The van der Waals surface area contributed by atoms with Crippen molar-refractivity contribution in [3.8, 4) is 0 Å². The van der Waals surface area contributed by atoms with E-state index < -0.39 is 5.97 Å². The van der Waals surface area contributed by atoms with Crippen LogP contribution in [0.25, 0.3) is 0 Å². The lowest BCUT2D eigenvalue weighted by Crippen LogP contribution is -2.16. The Kier molecular flexibility index (Phi) is 3.86. The molecule has 7 heteroatoms. The van der Waals surface area contributed by atoms with Crippen molar-refractivity contribution >= 4 is 28.5 Å². The molecule has 1 heterocycles. The number of aryl methyl sites for hydroxylation is 1. The normalized spacial score (nSPS) is 10.2. The molecule has 0 aliphatic heterocycles. The fourth-order valence-corrected chi connectivity index (χ4v) is 2.16. The Morgan fingerprint density at radius 1 is 1.37 bits per heavy atom. The number of carbonyl (C=O) groups excluding carboxylic acids is 1. The Labute approximate surface area is 113 Å². The molecule has 1 aromatic heterocycles. The van der Waals surface area contributed by atoms with Crippen LogP contribution in [0.15, 0.2) is 24.3 Å². The molecule has 0 saturated carbocycles. The number of aromatic nitrogens is 2. The molecule has 2 aromatic rings.